The smallest absolute Gasteiger partial charge is 0.0835 e. The first-order valence-electron chi connectivity index (χ1n) is 6.59. The van der Waals surface area contributed by atoms with E-state index in [0.717, 1.165) is 6.42 Å². The van der Waals surface area contributed by atoms with Crippen molar-refractivity contribution in [3.63, 3.8) is 0 Å². The zero-order valence-corrected chi connectivity index (χ0v) is 10.8. The number of nitrogens with zero attached hydrogens (tertiary/aromatic N) is 1. The summed E-state index contributed by atoms with van der Waals surface area (Å²) >= 11 is 0. The van der Waals surface area contributed by atoms with E-state index in [1.165, 1.54) is 32.3 Å². The molecule has 0 bridgehead atoms. The van der Waals surface area contributed by atoms with Crippen LogP contribution in [0.1, 0.15) is 18.9 Å². The molecule has 3 aromatic carbocycles. The molecule has 0 N–H and O–H groups in total. The second-order valence-corrected chi connectivity index (χ2v) is 5.57. The van der Waals surface area contributed by atoms with Crippen LogP contribution in [0.3, 0.4) is 0 Å². The number of rotatable bonds is 0. The predicted molar refractivity (Wildman–Crippen MR) is 78.7 cm³/mol. The summed E-state index contributed by atoms with van der Waals surface area (Å²) in [4.78, 5) is 0. The van der Waals surface area contributed by atoms with Gasteiger partial charge >= 0.3 is 0 Å². The maximum Gasteiger partial charge on any atom is 0.0835 e. The second kappa shape index (κ2) is 3.36. The monoisotopic (exact) mass is 243 g/mol. The molecule has 3 aromatic rings. The van der Waals surface area contributed by atoms with Crippen LogP contribution >= 0.6 is 0 Å². The van der Waals surface area contributed by atoms with E-state index in [2.05, 4.69) is 54.6 Å². The van der Waals surface area contributed by atoms with Gasteiger partial charge in [-0.2, -0.15) is 5.26 Å². The molecule has 19 heavy (non-hydrogen) atoms. The molecule has 0 amide bonds. The van der Waals surface area contributed by atoms with E-state index in [0.29, 0.717) is 0 Å². The van der Waals surface area contributed by atoms with Gasteiger partial charge in [0.15, 0.2) is 0 Å². The van der Waals surface area contributed by atoms with E-state index in [1.807, 2.05) is 6.92 Å². The summed E-state index contributed by atoms with van der Waals surface area (Å²) in [5, 5.41) is 15.9. The number of hydrogen-bond acceptors (Lipinski definition) is 1. The van der Waals surface area contributed by atoms with Gasteiger partial charge in [0.25, 0.3) is 0 Å². The zero-order valence-electron chi connectivity index (χ0n) is 10.8. The van der Waals surface area contributed by atoms with E-state index in [-0.39, 0.29) is 0 Å². The van der Waals surface area contributed by atoms with Crippen molar-refractivity contribution in [3.05, 3.63) is 53.2 Å². The van der Waals surface area contributed by atoms with E-state index < -0.39 is 5.41 Å². The molecule has 1 heteroatoms. The van der Waals surface area contributed by atoms with Crippen molar-refractivity contribution in [2.75, 3.05) is 0 Å². The van der Waals surface area contributed by atoms with Crippen molar-refractivity contribution >= 4 is 27.6 Å². The third kappa shape index (κ3) is 1.24. The molecule has 0 aromatic heterocycles. The summed E-state index contributed by atoms with van der Waals surface area (Å²) in [5.41, 5.74) is 0.780. The van der Waals surface area contributed by atoms with Gasteiger partial charge in [-0.3, -0.25) is 0 Å². The summed E-state index contributed by atoms with van der Waals surface area (Å²) in [6, 6.07) is 17.5. The number of nitriles is 1. The Hall–Kier alpha value is -2.33. The van der Waals surface area contributed by atoms with Crippen LogP contribution < -0.4 is 5.22 Å². The lowest BCUT2D eigenvalue weighted by molar-refractivity contribution is 0.638. The Kier molecular flexibility index (Phi) is 1.87. The molecule has 0 spiro atoms. The zero-order chi connectivity index (χ0) is 13.0. The molecule has 1 atom stereocenters. The number of benzene rings is 3. The quantitative estimate of drug-likeness (QED) is 0.591. The molecule has 90 valence electrons. The van der Waals surface area contributed by atoms with Gasteiger partial charge in [0.05, 0.1) is 11.5 Å². The average Bonchev–Trinajstić information content (AvgIpc) is 2.47. The van der Waals surface area contributed by atoms with Crippen molar-refractivity contribution in [2.45, 2.75) is 18.8 Å². The average molecular weight is 243 g/mol. The molecule has 1 nitrogen and oxygen atoms in total. The highest BCUT2D eigenvalue weighted by Gasteiger charge is 2.30. The largest absolute Gasteiger partial charge is 0.197 e. The molecule has 0 fully saturated rings. The van der Waals surface area contributed by atoms with Crippen LogP contribution in [0.5, 0.6) is 0 Å². The fraction of sp³-hybridized carbons (Fsp3) is 0.167. The Morgan fingerprint density at radius 3 is 2.47 bits per heavy atom. The van der Waals surface area contributed by atoms with Gasteiger partial charge < -0.3 is 0 Å². The molecule has 1 unspecified atom stereocenters. The van der Waals surface area contributed by atoms with E-state index in [4.69, 9.17) is 0 Å². The minimum Gasteiger partial charge on any atom is -0.197 e. The fourth-order valence-electron chi connectivity index (χ4n) is 3.27. The van der Waals surface area contributed by atoms with Crippen LogP contribution in [-0.2, 0) is 5.41 Å². The summed E-state index contributed by atoms with van der Waals surface area (Å²) in [6.45, 7) is 2.04. The van der Waals surface area contributed by atoms with Crippen molar-refractivity contribution in [1.82, 2.24) is 0 Å². The first-order valence-corrected chi connectivity index (χ1v) is 6.59. The first-order chi connectivity index (χ1) is 9.23. The third-order valence-electron chi connectivity index (χ3n) is 4.38. The Morgan fingerprint density at radius 2 is 1.74 bits per heavy atom. The molecular weight excluding hydrogens is 230 g/mol. The SMILES string of the molecule is CC1(C#N)CC=c2ccc3cccc4ccc1c2c43. The van der Waals surface area contributed by atoms with Crippen molar-refractivity contribution < 1.29 is 0 Å². The maximum atomic E-state index is 9.55. The summed E-state index contributed by atoms with van der Waals surface area (Å²) < 4.78 is 0. The highest BCUT2D eigenvalue weighted by molar-refractivity contribution is 6.12. The standard InChI is InChI=1S/C18H13N/c1-18(11-19)10-9-14-6-5-12-3-2-4-13-7-8-15(18)17(14)16(12)13/h2-9H,10H2,1H3. The van der Waals surface area contributed by atoms with Crippen LogP contribution in [0.2, 0.25) is 0 Å². The van der Waals surface area contributed by atoms with Gasteiger partial charge in [0, 0.05) is 0 Å². The molecular formula is C18H13N. The fourth-order valence-corrected chi connectivity index (χ4v) is 3.27. The van der Waals surface area contributed by atoms with Gasteiger partial charge in [-0.1, -0.05) is 48.5 Å². The molecule has 0 aliphatic heterocycles. The summed E-state index contributed by atoms with van der Waals surface area (Å²) in [5.74, 6) is 0. The van der Waals surface area contributed by atoms with Crippen LogP contribution in [0, 0.1) is 11.3 Å². The third-order valence-corrected chi connectivity index (χ3v) is 4.38. The summed E-state index contributed by atoms with van der Waals surface area (Å²) in [6.07, 6.45) is 3.00. The normalized spacial score (nSPS) is 21.3. The number of hydrogen-bond donors (Lipinski definition) is 0. The Bertz CT molecular complexity index is 898. The molecule has 0 saturated carbocycles. The van der Waals surface area contributed by atoms with Crippen molar-refractivity contribution in [2.24, 2.45) is 0 Å². The molecule has 0 saturated heterocycles. The Morgan fingerprint density at radius 1 is 1.00 bits per heavy atom. The summed E-state index contributed by atoms with van der Waals surface area (Å²) in [7, 11) is 0. The Balaban J connectivity index is 2.34. The van der Waals surface area contributed by atoms with Gasteiger partial charge in [0.1, 0.15) is 0 Å². The van der Waals surface area contributed by atoms with Crippen LogP contribution in [-0.4, -0.2) is 0 Å². The Labute approximate surface area is 111 Å². The lowest BCUT2D eigenvalue weighted by Crippen LogP contribution is -2.26. The minimum atomic E-state index is -0.398. The molecule has 0 heterocycles. The molecule has 0 radical (unpaired) electrons. The van der Waals surface area contributed by atoms with Crippen LogP contribution in [0.25, 0.3) is 27.6 Å². The lowest BCUT2D eigenvalue weighted by atomic mass is 9.74. The van der Waals surface area contributed by atoms with E-state index >= 15 is 0 Å². The predicted octanol–water partition coefficient (Wildman–Crippen LogP) is 3.68. The highest BCUT2D eigenvalue weighted by Crippen LogP contribution is 2.37. The van der Waals surface area contributed by atoms with E-state index in [1.54, 1.807) is 0 Å². The van der Waals surface area contributed by atoms with Gasteiger partial charge in [-0.25, -0.2) is 0 Å². The van der Waals surface area contributed by atoms with Gasteiger partial charge in [0.2, 0.25) is 0 Å². The van der Waals surface area contributed by atoms with Crippen LogP contribution in [0.4, 0.5) is 0 Å². The lowest BCUT2D eigenvalue weighted by Gasteiger charge is -2.26. The molecule has 1 aliphatic rings. The van der Waals surface area contributed by atoms with Gasteiger partial charge in [-0.05, 0) is 45.7 Å². The minimum absolute atomic E-state index is 0.398. The topological polar surface area (TPSA) is 23.8 Å². The van der Waals surface area contributed by atoms with Crippen LogP contribution in [0.15, 0.2) is 42.5 Å². The van der Waals surface area contributed by atoms with E-state index in [9.17, 15) is 5.26 Å². The van der Waals surface area contributed by atoms with Crippen molar-refractivity contribution in [3.8, 4) is 6.07 Å². The first kappa shape index (κ1) is 10.6. The second-order valence-electron chi connectivity index (χ2n) is 5.57. The van der Waals surface area contributed by atoms with Crippen molar-refractivity contribution in [1.29, 1.82) is 5.26 Å². The molecule has 1 aliphatic carbocycles. The molecule has 4 rings (SSSR count). The maximum absolute atomic E-state index is 9.55. The van der Waals surface area contributed by atoms with Gasteiger partial charge in [-0.15, -0.1) is 0 Å². The highest BCUT2D eigenvalue weighted by atomic mass is 14.4.